The summed E-state index contributed by atoms with van der Waals surface area (Å²) in [5, 5.41) is 0. The van der Waals surface area contributed by atoms with Gasteiger partial charge in [-0.25, -0.2) is 0 Å². The molecule has 3 rings (SSSR count). The van der Waals surface area contributed by atoms with Crippen molar-refractivity contribution in [1.82, 2.24) is 0 Å². The maximum atomic E-state index is 12.7. The second-order valence-electron chi connectivity index (χ2n) is 8.24. The molecule has 1 aliphatic carbocycles. The lowest BCUT2D eigenvalue weighted by atomic mass is 9.64. The Morgan fingerprint density at radius 2 is 2.04 bits per heavy atom. The predicted molar refractivity (Wildman–Crippen MR) is 105 cm³/mol. The summed E-state index contributed by atoms with van der Waals surface area (Å²) in [4.78, 5) is 37.1. The van der Waals surface area contributed by atoms with Gasteiger partial charge in [0.05, 0.1) is 6.61 Å². The van der Waals surface area contributed by atoms with Crippen molar-refractivity contribution in [2.24, 2.45) is 23.7 Å². The molecule has 5 atom stereocenters. The van der Waals surface area contributed by atoms with Crippen molar-refractivity contribution in [1.29, 1.82) is 0 Å². The van der Waals surface area contributed by atoms with E-state index >= 15 is 0 Å². The van der Waals surface area contributed by atoms with Gasteiger partial charge in [0.1, 0.15) is 17.5 Å². The van der Waals surface area contributed by atoms with Crippen LogP contribution in [0.1, 0.15) is 41.0 Å². The van der Waals surface area contributed by atoms with Gasteiger partial charge in [-0.3, -0.25) is 14.4 Å². The number of esters is 1. The van der Waals surface area contributed by atoms with Gasteiger partial charge >= 0.3 is 5.97 Å². The monoisotopic (exact) mass is 384 g/mol. The van der Waals surface area contributed by atoms with Crippen molar-refractivity contribution in [3.63, 3.8) is 0 Å². The normalized spacial score (nSPS) is 33.5. The van der Waals surface area contributed by atoms with Crippen molar-refractivity contribution in [3.8, 4) is 0 Å². The summed E-state index contributed by atoms with van der Waals surface area (Å²) in [7, 11) is 0. The molecule has 3 unspecified atom stereocenters. The molecule has 2 heterocycles. The molecule has 0 aromatic rings. The van der Waals surface area contributed by atoms with E-state index in [1.54, 1.807) is 6.92 Å². The number of rotatable bonds is 5. The quantitative estimate of drug-likeness (QED) is 0.411. The maximum Gasteiger partial charge on any atom is 0.317 e. The molecule has 1 fully saturated rings. The molecule has 150 valence electrons. The Morgan fingerprint density at radius 3 is 2.68 bits per heavy atom. The van der Waals surface area contributed by atoms with Crippen LogP contribution in [0.15, 0.2) is 47.3 Å². The van der Waals surface area contributed by atoms with E-state index in [0.717, 1.165) is 17.6 Å². The van der Waals surface area contributed by atoms with E-state index in [2.05, 4.69) is 19.9 Å². The van der Waals surface area contributed by atoms with Crippen LogP contribution in [0.25, 0.3) is 0 Å². The maximum absolute atomic E-state index is 12.7. The molecular weight excluding hydrogens is 356 g/mol. The van der Waals surface area contributed by atoms with Gasteiger partial charge in [0.25, 0.3) is 0 Å². The molecule has 5 nitrogen and oxygen atoms in total. The molecule has 0 radical (unpaired) electrons. The summed E-state index contributed by atoms with van der Waals surface area (Å²) in [5.74, 6) is -1.64. The number of Topliss-reactive ketones (excluding diaryl/α,β-unsaturated/α-hetero) is 1. The molecule has 28 heavy (non-hydrogen) atoms. The Hall–Kier alpha value is -2.43. The molecule has 1 saturated heterocycles. The van der Waals surface area contributed by atoms with E-state index < -0.39 is 23.4 Å². The summed E-state index contributed by atoms with van der Waals surface area (Å²) in [6, 6.07) is 0. The molecular formula is C23H28O5. The minimum Gasteiger partial charge on any atom is -0.493 e. The van der Waals surface area contributed by atoms with Gasteiger partial charge in [-0.1, -0.05) is 38.0 Å². The number of carbonyl (C=O) groups is 3. The van der Waals surface area contributed by atoms with Crippen molar-refractivity contribution < 1.29 is 23.9 Å². The third-order valence-electron chi connectivity index (χ3n) is 6.09. The highest BCUT2D eigenvalue weighted by Crippen LogP contribution is 2.50. The predicted octanol–water partition coefficient (Wildman–Crippen LogP) is 3.71. The Morgan fingerprint density at radius 1 is 1.32 bits per heavy atom. The lowest BCUT2D eigenvalue weighted by molar-refractivity contribution is -0.157. The Balaban J connectivity index is 1.89. The molecule has 0 N–H and O–H groups in total. The molecule has 0 amide bonds. The number of allylic oxidation sites excluding steroid dienone is 5. The topological polar surface area (TPSA) is 69.7 Å². The molecule has 0 spiro atoms. The molecule has 3 aliphatic rings. The minimum atomic E-state index is -1.29. The molecule has 2 aliphatic heterocycles. The number of hydrogen-bond acceptors (Lipinski definition) is 5. The first-order valence-electron chi connectivity index (χ1n) is 9.87. The fourth-order valence-corrected chi connectivity index (χ4v) is 4.34. The zero-order valence-corrected chi connectivity index (χ0v) is 17.2. The van der Waals surface area contributed by atoms with Crippen LogP contribution >= 0.6 is 0 Å². The summed E-state index contributed by atoms with van der Waals surface area (Å²) < 4.78 is 11.3. The van der Waals surface area contributed by atoms with Gasteiger partial charge in [-0.15, -0.1) is 0 Å². The SMILES string of the molecule is CC[C@H](C)/C=C(C)/C=C/C1=CC2=CC(=O)[C@]3(C)OC(=O)C(C(C)=O)C3C2CO1. The standard InChI is InChI=1S/C23H28O5/c1-6-13(2)9-14(3)7-8-17-10-16-11-19(25)23(5)21(18(16)12-27-17)20(15(4)24)22(26)28-23/h7-11,13,18,20-21H,6,12H2,1-5H3/b8-7+,14-9+/t13-,18?,20?,21?,23-/m0/s1. The summed E-state index contributed by atoms with van der Waals surface area (Å²) >= 11 is 0. The molecule has 5 heteroatoms. The first-order valence-corrected chi connectivity index (χ1v) is 9.87. The fourth-order valence-electron chi connectivity index (χ4n) is 4.34. The van der Waals surface area contributed by atoms with Crippen LogP contribution in [-0.2, 0) is 23.9 Å². The van der Waals surface area contributed by atoms with Gasteiger partial charge in [-0.05, 0) is 50.5 Å². The highest BCUT2D eigenvalue weighted by molar-refractivity contribution is 6.08. The average molecular weight is 384 g/mol. The number of ketones is 2. The minimum absolute atomic E-state index is 0.225. The first-order chi connectivity index (χ1) is 13.2. The number of ether oxygens (including phenoxy) is 2. The van der Waals surface area contributed by atoms with Crippen LogP contribution < -0.4 is 0 Å². The van der Waals surface area contributed by atoms with Crippen molar-refractivity contribution >= 4 is 17.5 Å². The van der Waals surface area contributed by atoms with Crippen molar-refractivity contribution in [2.45, 2.75) is 46.6 Å². The highest BCUT2D eigenvalue weighted by Gasteiger charge is 2.63. The number of fused-ring (bicyclic) bond motifs is 3. The fraction of sp³-hybridized carbons (Fsp3) is 0.522. The van der Waals surface area contributed by atoms with Crippen molar-refractivity contribution in [2.75, 3.05) is 6.61 Å². The van der Waals surface area contributed by atoms with E-state index in [4.69, 9.17) is 9.47 Å². The van der Waals surface area contributed by atoms with Crippen LogP contribution in [0.4, 0.5) is 0 Å². The summed E-state index contributed by atoms with van der Waals surface area (Å²) in [6.45, 7) is 9.66. The van der Waals surface area contributed by atoms with Crippen LogP contribution in [0.5, 0.6) is 0 Å². The zero-order chi connectivity index (χ0) is 20.6. The second-order valence-corrected chi connectivity index (χ2v) is 8.24. The molecule has 0 aromatic carbocycles. The summed E-state index contributed by atoms with van der Waals surface area (Å²) in [6.07, 6.45) is 10.5. The van der Waals surface area contributed by atoms with E-state index in [9.17, 15) is 14.4 Å². The Bertz CT molecular complexity index is 828. The van der Waals surface area contributed by atoms with E-state index in [0.29, 0.717) is 18.3 Å². The third-order valence-corrected chi connectivity index (χ3v) is 6.09. The van der Waals surface area contributed by atoms with Crippen LogP contribution in [0.2, 0.25) is 0 Å². The third kappa shape index (κ3) is 3.50. The number of carbonyl (C=O) groups excluding carboxylic acids is 3. The van der Waals surface area contributed by atoms with E-state index in [-0.39, 0.29) is 17.5 Å². The zero-order valence-electron chi connectivity index (χ0n) is 17.2. The second kappa shape index (κ2) is 7.53. The van der Waals surface area contributed by atoms with Crippen LogP contribution in [0, 0.1) is 23.7 Å². The largest absolute Gasteiger partial charge is 0.493 e. The first kappa shape index (κ1) is 20.3. The van der Waals surface area contributed by atoms with Crippen molar-refractivity contribution in [3.05, 3.63) is 47.3 Å². The van der Waals surface area contributed by atoms with Crippen LogP contribution in [0.3, 0.4) is 0 Å². The van der Waals surface area contributed by atoms with Gasteiger partial charge in [0.2, 0.25) is 0 Å². The molecule has 0 aromatic heterocycles. The van der Waals surface area contributed by atoms with Gasteiger partial charge < -0.3 is 9.47 Å². The highest BCUT2D eigenvalue weighted by atomic mass is 16.6. The number of hydrogen-bond donors (Lipinski definition) is 0. The lowest BCUT2D eigenvalue weighted by Crippen LogP contribution is -2.50. The van der Waals surface area contributed by atoms with Gasteiger partial charge in [0, 0.05) is 11.8 Å². The average Bonchev–Trinajstić information content (AvgIpc) is 2.92. The Labute approximate surface area is 166 Å². The van der Waals surface area contributed by atoms with E-state index in [1.807, 2.05) is 25.2 Å². The lowest BCUT2D eigenvalue weighted by Gasteiger charge is -2.40. The molecule has 0 bridgehead atoms. The van der Waals surface area contributed by atoms with E-state index in [1.165, 1.54) is 13.0 Å². The smallest absolute Gasteiger partial charge is 0.317 e. The Kier molecular flexibility index (Phi) is 5.46. The molecule has 0 saturated carbocycles. The summed E-state index contributed by atoms with van der Waals surface area (Å²) in [5.41, 5.74) is 0.655. The van der Waals surface area contributed by atoms with Crippen LogP contribution in [-0.4, -0.2) is 29.7 Å². The van der Waals surface area contributed by atoms with Gasteiger partial charge in [0.15, 0.2) is 11.4 Å². The van der Waals surface area contributed by atoms with Gasteiger partial charge in [-0.2, -0.15) is 0 Å².